The Labute approximate surface area is 162 Å². The molecule has 6 nitrogen and oxygen atoms in total. The lowest BCUT2D eigenvalue weighted by Crippen LogP contribution is -2.53. The van der Waals surface area contributed by atoms with Crippen LogP contribution in [-0.4, -0.2) is 97.2 Å². The molecule has 0 aliphatic carbocycles. The fourth-order valence-corrected chi connectivity index (χ4v) is 4.68. The third kappa shape index (κ3) is 4.62. The number of piperidine rings is 1. The number of carbonyl (C=O) groups is 1. The van der Waals surface area contributed by atoms with Gasteiger partial charge in [0, 0.05) is 59.4 Å². The number of likely N-dealkylation sites (N-methyl/N-ethyl adjacent to an activating group) is 1. The Hall–Kier alpha value is -1.63. The van der Waals surface area contributed by atoms with Gasteiger partial charge in [0.1, 0.15) is 5.60 Å². The summed E-state index contributed by atoms with van der Waals surface area (Å²) in [7, 11) is 1.84. The summed E-state index contributed by atoms with van der Waals surface area (Å²) in [5, 5.41) is 0. The van der Waals surface area contributed by atoms with E-state index in [2.05, 4.69) is 45.0 Å². The largest absolute Gasteiger partial charge is 0.440 e. The molecule has 1 atom stereocenters. The Kier molecular flexibility index (Phi) is 5.66. The molecule has 0 radical (unpaired) electrons. The molecule has 148 valence electrons. The highest BCUT2D eigenvalue weighted by atomic mass is 16.6. The molecule has 0 unspecified atom stereocenters. The molecule has 3 aliphatic rings. The van der Waals surface area contributed by atoms with Crippen molar-refractivity contribution in [2.75, 3.05) is 66.0 Å². The van der Waals surface area contributed by atoms with Crippen LogP contribution in [0.1, 0.15) is 18.4 Å². The fraction of sp³-hybridized carbons (Fsp3) is 0.667. The smallest absolute Gasteiger partial charge is 0.410 e. The monoisotopic (exact) mass is 372 g/mol. The quantitative estimate of drug-likeness (QED) is 0.787. The number of hydrogen-bond acceptors (Lipinski definition) is 5. The first-order valence-corrected chi connectivity index (χ1v) is 10.3. The van der Waals surface area contributed by atoms with E-state index in [4.69, 9.17) is 4.74 Å². The minimum atomic E-state index is -0.265. The zero-order valence-corrected chi connectivity index (χ0v) is 16.5. The molecule has 3 heterocycles. The Morgan fingerprint density at radius 1 is 0.926 bits per heavy atom. The first-order chi connectivity index (χ1) is 13.1. The number of rotatable bonds is 5. The van der Waals surface area contributed by atoms with E-state index >= 15 is 0 Å². The van der Waals surface area contributed by atoms with Crippen LogP contribution in [0.5, 0.6) is 0 Å². The molecule has 27 heavy (non-hydrogen) atoms. The van der Waals surface area contributed by atoms with E-state index in [-0.39, 0.29) is 11.7 Å². The van der Waals surface area contributed by atoms with Crippen molar-refractivity contribution in [3.8, 4) is 0 Å². The third-order valence-corrected chi connectivity index (χ3v) is 6.21. The van der Waals surface area contributed by atoms with Crippen molar-refractivity contribution in [1.82, 2.24) is 19.6 Å². The van der Waals surface area contributed by atoms with Gasteiger partial charge >= 0.3 is 6.09 Å². The predicted octanol–water partition coefficient (Wildman–Crippen LogP) is 1.72. The summed E-state index contributed by atoms with van der Waals surface area (Å²) in [4.78, 5) is 21.1. The highest BCUT2D eigenvalue weighted by Gasteiger charge is 2.46. The second-order valence-electron chi connectivity index (χ2n) is 8.39. The lowest BCUT2D eigenvalue weighted by atomic mass is 9.93. The molecule has 1 aromatic carbocycles. The number of carbonyl (C=O) groups excluding carboxylic acids is 1. The molecule has 1 spiro atoms. The van der Waals surface area contributed by atoms with E-state index in [0.29, 0.717) is 0 Å². The van der Waals surface area contributed by atoms with E-state index < -0.39 is 0 Å². The molecule has 0 saturated carbocycles. The molecule has 6 heteroatoms. The van der Waals surface area contributed by atoms with Crippen LogP contribution in [0.3, 0.4) is 0 Å². The van der Waals surface area contributed by atoms with Crippen LogP contribution in [-0.2, 0) is 11.3 Å². The van der Waals surface area contributed by atoms with Gasteiger partial charge in [-0.05, 0) is 24.9 Å². The number of ether oxygens (including phenoxy) is 1. The highest BCUT2D eigenvalue weighted by Crippen LogP contribution is 2.31. The van der Waals surface area contributed by atoms with Crippen molar-refractivity contribution in [1.29, 1.82) is 0 Å². The standard InChI is InChI=1S/C21H32N4O2/c1-22-17-21(27-20(22)26)8-5-9-25(18-21)15-12-23-10-13-24(14-11-23)16-19-6-3-2-4-7-19/h2-4,6-7H,5,8-18H2,1H3/t21-/m0/s1. The molecule has 0 N–H and O–H groups in total. The molecule has 0 aromatic heterocycles. The molecule has 0 bridgehead atoms. The SMILES string of the molecule is CN1C[C@]2(CCCN(CCN3CCN(Cc4ccccc4)CC3)C2)OC1=O. The van der Waals surface area contributed by atoms with Crippen LogP contribution in [0.25, 0.3) is 0 Å². The number of nitrogens with zero attached hydrogens (tertiary/aromatic N) is 4. The molecule has 1 aromatic rings. The van der Waals surface area contributed by atoms with Crippen LogP contribution in [0, 0.1) is 0 Å². The van der Waals surface area contributed by atoms with Crippen molar-refractivity contribution >= 4 is 6.09 Å². The Balaban J connectivity index is 1.19. The fourth-order valence-electron chi connectivity index (χ4n) is 4.68. The van der Waals surface area contributed by atoms with Gasteiger partial charge in [-0.1, -0.05) is 30.3 Å². The highest BCUT2D eigenvalue weighted by molar-refractivity contribution is 5.70. The van der Waals surface area contributed by atoms with Gasteiger partial charge in [-0.15, -0.1) is 0 Å². The van der Waals surface area contributed by atoms with Crippen molar-refractivity contribution in [2.24, 2.45) is 0 Å². The van der Waals surface area contributed by atoms with Gasteiger partial charge in [-0.2, -0.15) is 0 Å². The van der Waals surface area contributed by atoms with Gasteiger partial charge < -0.3 is 9.64 Å². The van der Waals surface area contributed by atoms with E-state index in [1.54, 1.807) is 4.90 Å². The average molecular weight is 373 g/mol. The number of amides is 1. The van der Waals surface area contributed by atoms with Crippen LogP contribution < -0.4 is 0 Å². The Morgan fingerprint density at radius 2 is 1.63 bits per heavy atom. The zero-order chi connectivity index (χ0) is 18.7. The van der Waals surface area contributed by atoms with Crippen molar-refractivity contribution in [3.63, 3.8) is 0 Å². The maximum atomic E-state index is 11.8. The summed E-state index contributed by atoms with van der Waals surface area (Å²) in [6.07, 6.45) is 1.95. The number of piperazine rings is 1. The number of likely N-dealkylation sites (tertiary alicyclic amines) is 1. The molecule has 3 aliphatic heterocycles. The van der Waals surface area contributed by atoms with Gasteiger partial charge in [-0.25, -0.2) is 4.79 Å². The van der Waals surface area contributed by atoms with Crippen LogP contribution in [0.2, 0.25) is 0 Å². The second-order valence-corrected chi connectivity index (χ2v) is 8.39. The first kappa shape index (κ1) is 18.7. The van der Waals surface area contributed by atoms with Gasteiger partial charge in [-0.3, -0.25) is 14.7 Å². The van der Waals surface area contributed by atoms with E-state index in [1.165, 1.54) is 5.56 Å². The molecular weight excluding hydrogens is 340 g/mol. The molecule has 4 rings (SSSR count). The van der Waals surface area contributed by atoms with Gasteiger partial charge in [0.2, 0.25) is 0 Å². The van der Waals surface area contributed by atoms with E-state index in [1.807, 2.05) is 7.05 Å². The second kappa shape index (κ2) is 8.17. The maximum Gasteiger partial charge on any atom is 0.410 e. The van der Waals surface area contributed by atoms with Gasteiger partial charge in [0.15, 0.2) is 0 Å². The minimum absolute atomic E-state index is 0.161. The number of benzene rings is 1. The summed E-state index contributed by atoms with van der Waals surface area (Å²) in [6.45, 7) is 10.5. The average Bonchev–Trinajstić information content (AvgIpc) is 2.95. The molecule has 3 saturated heterocycles. The van der Waals surface area contributed by atoms with E-state index in [9.17, 15) is 4.79 Å². The molecular formula is C21H32N4O2. The van der Waals surface area contributed by atoms with E-state index in [0.717, 1.165) is 78.3 Å². The molecule has 1 amide bonds. The lowest BCUT2D eigenvalue weighted by Gasteiger charge is -2.40. The maximum absolute atomic E-state index is 11.8. The summed E-state index contributed by atoms with van der Waals surface area (Å²) in [5.74, 6) is 0. The summed E-state index contributed by atoms with van der Waals surface area (Å²) >= 11 is 0. The summed E-state index contributed by atoms with van der Waals surface area (Å²) < 4.78 is 5.72. The predicted molar refractivity (Wildman–Crippen MR) is 106 cm³/mol. The van der Waals surface area contributed by atoms with Crippen molar-refractivity contribution < 1.29 is 9.53 Å². The Bertz CT molecular complexity index is 632. The number of hydrogen-bond donors (Lipinski definition) is 0. The normalized spacial score (nSPS) is 28.0. The zero-order valence-electron chi connectivity index (χ0n) is 16.5. The first-order valence-electron chi connectivity index (χ1n) is 10.3. The summed E-state index contributed by atoms with van der Waals surface area (Å²) in [5.41, 5.74) is 1.14. The lowest BCUT2D eigenvalue weighted by molar-refractivity contribution is -0.0122. The van der Waals surface area contributed by atoms with Crippen molar-refractivity contribution in [3.05, 3.63) is 35.9 Å². The van der Waals surface area contributed by atoms with Gasteiger partial charge in [0.05, 0.1) is 6.54 Å². The van der Waals surface area contributed by atoms with Crippen LogP contribution in [0.15, 0.2) is 30.3 Å². The third-order valence-electron chi connectivity index (χ3n) is 6.21. The van der Waals surface area contributed by atoms with Crippen LogP contribution in [0.4, 0.5) is 4.79 Å². The minimum Gasteiger partial charge on any atom is -0.440 e. The topological polar surface area (TPSA) is 39.3 Å². The summed E-state index contributed by atoms with van der Waals surface area (Å²) in [6, 6.07) is 10.8. The van der Waals surface area contributed by atoms with Crippen molar-refractivity contribution in [2.45, 2.75) is 25.0 Å². The Morgan fingerprint density at radius 3 is 2.33 bits per heavy atom. The van der Waals surface area contributed by atoms with Crippen LogP contribution >= 0.6 is 0 Å². The molecule has 3 fully saturated rings. The van der Waals surface area contributed by atoms with Gasteiger partial charge in [0.25, 0.3) is 0 Å².